The molecule has 0 fully saturated rings. The number of furan rings is 1. The normalized spacial score (nSPS) is 10.9. The third kappa shape index (κ3) is 5.58. The fraction of sp³-hybridized carbons (Fsp3) is 0.138. The molecule has 180 valence electrons. The van der Waals surface area contributed by atoms with Crippen molar-refractivity contribution in [2.45, 2.75) is 19.5 Å². The molecular formula is C29H25FN4O2. The van der Waals surface area contributed by atoms with Gasteiger partial charge in [0.2, 0.25) is 5.91 Å². The number of nitrogens with one attached hydrogen (secondary N) is 1. The Kier molecular flexibility index (Phi) is 6.98. The molecule has 36 heavy (non-hydrogen) atoms. The lowest BCUT2D eigenvalue weighted by Gasteiger charge is -2.24. The molecule has 5 rings (SSSR count). The molecule has 5 aromatic rings. The van der Waals surface area contributed by atoms with E-state index in [0.717, 1.165) is 22.2 Å². The molecule has 0 spiro atoms. The number of aromatic nitrogens is 2. The zero-order valence-corrected chi connectivity index (χ0v) is 19.6. The van der Waals surface area contributed by atoms with Crippen LogP contribution in [0.3, 0.4) is 0 Å². The Morgan fingerprint density at radius 1 is 0.889 bits per heavy atom. The average molecular weight is 481 g/mol. The van der Waals surface area contributed by atoms with Crippen molar-refractivity contribution in [3.63, 3.8) is 0 Å². The number of rotatable bonds is 9. The van der Waals surface area contributed by atoms with Gasteiger partial charge in [-0.15, -0.1) is 0 Å². The van der Waals surface area contributed by atoms with Crippen LogP contribution in [0, 0.1) is 5.82 Å². The molecule has 3 aromatic carbocycles. The Hall–Kier alpha value is -4.52. The number of hydrogen-bond acceptors (Lipinski definition) is 5. The van der Waals surface area contributed by atoms with Crippen LogP contribution in [0.15, 0.2) is 102 Å². The molecule has 6 nitrogen and oxygen atoms in total. The van der Waals surface area contributed by atoms with E-state index >= 15 is 0 Å². The van der Waals surface area contributed by atoms with E-state index in [2.05, 4.69) is 5.32 Å². The molecule has 0 bridgehead atoms. The SMILES string of the molecule is O=C(CCN(Cc1ccco1)c1nc(-c2ccc(F)cc2)nc2ccccc12)NCc1ccccc1. The van der Waals surface area contributed by atoms with Crippen LogP contribution in [0.5, 0.6) is 0 Å². The predicted molar refractivity (Wildman–Crippen MR) is 138 cm³/mol. The summed E-state index contributed by atoms with van der Waals surface area (Å²) in [6.07, 6.45) is 1.90. The van der Waals surface area contributed by atoms with Crippen molar-refractivity contribution in [1.29, 1.82) is 0 Å². The minimum atomic E-state index is -0.319. The van der Waals surface area contributed by atoms with Crippen LogP contribution in [0.1, 0.15) is 17.7 Å². The van der Waals surface area contributed by atoms with E-state index in [0.29, 0.717) is 36.8 Å². The minimum absolute atomic E-state index is 0.0552. The monoisotopic (exact) mass is 480 g/mol. The number of halogens is 1. The van der Waals surface area contributed by atoms with Crippen molar-refractivity contribution >= 4 is 22.6 Å². The highest BCUT2D eigenvalue weighted by Gasteiger charge is 2.18. The first kappa shape index (κ1) is 23.2. The molecule has 2 heterocycles. The van der Waals surface area contributed by atoms with Gasteiger partial charge in [0.1, 0.15) is 17.4 Å². The maximum absolute atomic E-state index is 13.5. The third-order valence-corrected chi connectivity index (χ3v) is 5.85. The van der Waals surface area contributed by atoms with Gasteiger partial charge >= 0.3 is 0 Å². The maximum atomic E-state index is 13.5. The van der Waals surface area contributed by atoms with Crippen LogP contribution in [0.2, 0.25) is 0 Å². The fourth-order valence-corrected chi connectivity index (χ4v) is 4.00. The maximum Gasteiger partial charge on any atom is 0.222 e. The number of para-hydroxylation sites is 1. The summed E-state index contributed by atoms with van der Waals surface area (Å²) in [6, 6.07) is 27.4. The van der Waals surface area contributed by atoms with E-state index in [4.69, 9.17) is 14.4 Å². The van der Waals surface area contributed by atoms with Crippen molar-refractivity contribution in [2.75, 3.05) is 11.4 Å². The highest BCUT2D eigenvalue weighted by atomic mass is 19.1. The zero-order chi connectivity index (χ0) is 24.7. The third-order valence-electron chi connectivity index (χ3n) is 5.85. The van der Waals surface area contributed by atoms with Gasteiger partial charge in [0.25, 0.3) is 0 Å². The first-order chi connectivity index (χ1) is 17.7. The molecule has 1 amide bonds. The van der Waals surface area contributed by atoms with Crippen LogP contribution in [0.25, 0.3) is 22.3 Å². The molecule has 1 N–H and O–H groups in total. The van der Waals surface area contributed by atoms with Crippen molar-refractivity contribution in [1.82, 2.24) is 15.3 Å². The summed E-state index contributed by atoms with van der Waals surface area (Å²) in [7, 11) is 0. The Bertz CT molecular complexity index is 1440. The Balaban J connectivity index is 1.44. The van der Waals surface area contributed by atoms with E-state index in [1.807, 2.05) is 71.6 Å². The summed E-state index contributed by atoms with van der Waals surface area (Å²) >= 11 is 0. The van der Waals surface area contributed by atoms with Gasteiger partial charge in [-0.3, -0.25) is 4.79 Å². The Labute approximate surface area is 208 Å². The lowest BCUT2D eigenvalue weighted by molar-refractivity contribution is -0.121. The summed E-state index contributed by atoms with van der Waals surface area (Å²) in [6.45, 7) is 1.33. The number of hydrogen-bond donors (Lipinski definition) is 1. The van der Waals surface area contributed by atoms with Gasteiger partial charge in [-0.05, 0) is 54.1 Å². The lowest BCUT2D eigenvalue weighted by atomic mass is 10.1. The molecular weight excluding hydrogens is 455 g/mol. The van der Waals surface area contributed by atoms with Crippen LogP contribution < -0.4 is 10.2 Å². The van der Waals surface area contributed by atoms with Crippen molar-refractivity contribution in [3.05, 3.63) is 114 Å². The highest BCUT2D eigenvalue weighted by molar-refractivity contribution is 5.91. The number of benzene rings is 3. The second kappa shape index (κ2) is 10.8. The Morgan fingerprint density at radius 3 is 2.44 bits per heavy atom. The topological polar surface area (TPSA) is 71.3 Å². The van der Waals surface area contributed by atoms with Crippen LogP contribution in [0.4, 0.5) is 10.2 Å². The number of carbonyl (C=O) groups is 1. The molecule has 0 saturated heterocycles. The average Bonchev–Trinajstić information content (AvgIpc) is 3.43. The molecule has 0 unspecified atom stereocenters. The second-order valence-electron chi connectivity index (χ2n) is 8.41. The van der Waals surface area contributed by atoms with Crippen molar-refractivity contribution in [3.8, 4) is 11.4 Å². The van der Waals surface area contributed by atoms with Crippen molar-refractivity contribution < 1.29 is 13.6 Å². The van der Waals surface area contributed by atoms with Crippen LogP contribution >= 0.6 is 0 Å². The van der Waals surface area contributed by atoms with Gasteiger partial charge in [0, 0.05) is 30.5 Å². The van der Waals surface area contributed by atoms with Gasteiger partial charge < -0.3 is 14.6 Å². The molecule has 0 aliphatic rings. The molecule has 0 saturated carbocycles. The van der Waals surface area contributed by atoms with Gasteiger partial charge in [-0.1, -0.05) is 42.5 Å². The summed E-state index contributed by atoms with van der Waals surface area (Å²) in [4.78, 5) is 24.3. The minimum Gasteiger partial charge on any atom is -0.467 e. The summed E-state index contributed by atoms with van der Waals surface area (Å²) < 4.78 is 19.1. The Morgan fingerprint density at radius 2 is 1.67 bits per heavy atom. The summed E-state index contributed by atoms with van der Waals surface area (Å²) in [5.74, 6) is 1.56. The van der Waals surface area contributed by atoms with E-state index in [1.165, 1.54) is 12.1 Å². The van der Waals surface area contributed by atoms with Gasteiger partial charge in [-0.2, -0.15) is 0 Å². The van der Waals surface area contributed by atoms with Gasteiger partial charge in [0.15, 0.2) is 5.82 Å². The van der Waals surface area contributed by atoms with Crippen molar-refractivity contribution in [2.24, 2.45) is 0 Å². The molecule has 0 aliphatic carbocycles. The van der Waals surface area contributed by atoms with Crippen LogP contribution in [-0.4, -0.2) is 22.4 Å². The summed E-state index contributed by atoms with van der Waals surface area (Å²) in [5, 5.41) is 3.85. The van der Waals surface area contributed by atoms with Gasteiger partial charge in [0.05, 0.1) is 18.3 Å². The quantitative estimate of drug-likeness (QED) is 0.291. The smallest absolute Gasteiger partial charge is 0.222 e. The number of amides is 1. The predicted octanol–water partition coefficient (Wildman–Crippen LogP) is 5.74. The summed E-state index contributed by atoms with van der Waals surface area (Å²) in [5.41, 5.74) is 2.52. The fourth-order valence-electron chi connectivity index (χ4n) is 4.00. The van der Waals surface area contributed by atoms with E-state index in [-0.39, 0.29) is 18.1 Å². The number of anilines is 1. The standard InChI is InChI=1S/C29H25FN4O2/c30-23-14-12-22(13-15-23)28-32-26-11-5-4-10-25(26)29(33-28)34(20-24-9-6-18-36-24)17-16-27(35)31-19-21-7-2-1-3-8-21/h1-15,18H,16-17,19-20H2,(H,31,35). The highest BCUT2D eigenvalue weighted by Crippen LogP contribution is 2.29. The van der Waals surface area contributed by atoms with E-state index in [9.17, 15) is 9.18 Å². The largest absolute Gasteiger partial charge is 0.467 e. The molecule has 0 radical (unpaired) electrons. The molecule has 0 atom stereocenters. The lowest BCUT2D eigenvalue weighted by Crippen LogP contribution is -2.31. The molecule has 7 heteroatoms. The van der Waals surface area contributed by atoms with Crippen LogP contribution in [-0.2, 0) is 17.9 Å². The number of fused-ring (bicyclic) bond motifs is 1. The first-order valence-electron chi connectivity index (χ1n) is 11.8. The second-order valence-corrected chi connectivity index (χ2v) is 8.41. The van der Waals surface area contributed by atoms with E-state index < -0.39 is 0 Å². The van der Waals surface area contributed by atoms with E-state index in [1.54, 1.807) is 18.4 Å². The molecule has 0 aliphatic heterocycles. The first-order valence-corrected chi connectivity index (χ1v) is 11.8. The zero-order valence-electron chi connectivity index (χ0n) is 19.6. The molecule has 2 aromatic heterocycles. The number of nitrogens with zero attached hydrogens (tertiary/aromatic N) is 3. The van der Waals surface area contributed by atoms with Gasteiger partial charge in [-0.25, -0.2) is 14.4 Å². The number of carbonyl (C=O) groups excluding carboxylic acids is 1.